The van der Waals surface area contributed by atoms with Crippen LogP contribution in [0, 0.1) is 5.82 Å². The van der Waals surface area contributed by atoms with E-state index < -0.39 is 23.1 Å². The van der Waals surface area contributed by atoms with Crippen LogP contribution in [0.1, 0.15) is 16.8 Å². The van der Waals surface area contributed by atoms with Gasteiger partial charge in [-0.3, -0.25) is 5.10 Å². The first-order chi connectivity index (χ1) is 9.48. The van der Waals surface area contributed by atoms with Crippen LogP contribution in [0.3, 0.4) is 0 Å². The highest BCUT2D eigenvalue weighted by molar-refractivity contribution is 5.69. The van der Waals surface area contributed by atoms with Gasteiger partial charge in [0.15, 0.2) is 0 Å². The van der Waals surface area contributed by atoms with Crippen molar-refractivity contribution in [2.75, 3.05) is 6.61 Å². The molecule has 0 radical (unpaired) electrons. The molecule has 3 nitrogen and oxygen atoms in total. The second-order valence-electron chi connectivity index (χ2n) is 4.49. The minimum Gasteiger partial charge on any atom is -0.376 e. The summed E-state index contributed by atoms with van der Waals surface area (Å²) in [5, 5.41) is 6.52. The number of H-pyrrole nitrogens is 1. The number of nitrogens with one attached hydrogen (secondary N) is 1. The monoisotopic (exact) mass is 286 g/mol. The van der Waals surface area contributed by atoms with Crippen LogP contribution in [0.5, 0.6) is 0 Å². The number of benzene rings is 1. The predicted octanol–water partition coefficient (Wildman–Crippen LogP) is 3.31. The second kappa shape index (κ2) is 4.59. The van der Waals surface area contributed by atoms with Gasteiger partial charge in [-0.15, -0.1) is 0 Å². The lowest BCUT2D eigenvalue weighted by molar-refractivity contribution is -0.137. The van der Waals surface area contributed by atoms with Gasteiger partial charge in [0.05, 0.1) is 24.3 Å². The SMILES string of the molecule is Fc1cccc(C(F)(F)F)c1-c1n[nH]c2c1COCC2. The molecular weight excluding hydrogens is 276 g/mol. The average molecular weight is 286 g/mol. The minimum absolute atomic E-state index is 0.0230. The summed E-state index contributed by atoms with van der Waals surface area (Å²) in [5.74, 6) is -0.945. The number of alkyl halides is 3. The number of aromatic amines is 1. The Hall–Kier alpha value is -1.89. The number of hydrogen-bond acceptors (Lipinski definition) is 2. The molecule has 0 saturated carbocycles. The summed E-state index contributed by atoms with van der Waals surface area (Å²) in [6, 6.07) is 2.88. The number of nitrogens with zero attached hydrogens (tertiary/aromatic N) is 1. The summed E-state index contributed by atoms with van der Waals surface area (Å²) in [6.07, 6.45) is -4.11. The van der Waals surface area contributed by atoms with E-state index in [0.29, 0.717) is 24.3 Å². The van der Waals surface area contributed by atoms with Crippen molar-refractivity contribution in [3.05, 3.63) is 40.8 Å². The molecular formula is C13H10F4N2O. The molecule has 1 aliphatic heterocycles. The number of hydrogen-bond donors (Lipinski definition) is 1. The number of halogens is 4. The Morgan fingerprint density at radius 2 is 2.05 bits per heavy atom. The maximum absolute atomic E-state index is 13.9. The van der Waals surface area contributed by atoms with Crippen molar-refractivity contribution in [2.24, 2.45) is 0 Å². The molecule has 0 bridgehead atoms. The Morgan fingerprint density at radius 3 is 2.80 bits per heavy atom. The first-order valence-electron chi connectivity index (χ1n) is 5.98. The highest BCUT2D eigenvalue weighted by Gasteiger charge is 2.36. The van der Waals surface area contributed by atoms with E-state index in [1.54, 1.807) is 0 Å². The topological polar surface area (TPSA) is 37.9 Å². The molecule has 2 heterocycles. The van der Waals surface area contributed by atoms with E-state index in [0.717, 1.165) is 18.2 Å². The fourth-order valence-corrected chi connectivity index (χ4v) is 2.32. The summed E-state index contributed by atoms with van der Waals surface area (Å²) in [4.78, 5) is 0. The maximum atomic E-state index is 13.9. The molecule has 106 valence electrons. The zero-order valence-electron chi connectivity index (χ0n) is 10.2. The zero-order valence-corrected chi connectivity index (χ0v) is 10.2. The van der Waals surface area contributed by atoms with Gasteiger partial charge in [-0.25, -0.2) is 4.39 Å². The summed E-state index contributed by atoms with van der Waals surface area (Å²) in [7, 11) is 0. The standard InChI is InChI=1S/C13H10F4N2O/c14-9-3-1-2-8(13(15,16)17)11(9)12-7-6-20-5-4-10(7)18-19-12/h1-3H,4-6H2,(H,18,19). The smallest absolute Gasteiger partial charge is 0.376 e. The van der Waals surface area contributed by atoms with E-state index in [2.05, 4.69) is 10.2 Å². The molecule has 7 heteroatoms. The van der Waals surface area contributed by atoms with Crippen LogP contribution in [0.4, 0.5) is 17.6 Å². The number of ether oxygens (including phenoxy) is 1. The zero-order chi connectivity index (χ0) is 14.3. The van der Waals surface area contributed by atoms with Gasteiger partial charge in [0.1, 0.15) is 11.5 Å². The normalized spacial score (nSPS) is 15.2. The number of rotatable bonds is 1. The Bertz CT molecular complexity index is 648. The van der Waals surface area contributed by atoms with Gasteiger partial charge < -0.3 is 4.74 Å². The van der Waals surface area contributed by atoms with Crippen LogP contribution in [-0.2, 0) is 23.9 Å². The quantitative estimate of drug-likeness (QED) is 0.817. The third-order valence-corrected chi connectivity index (χ3v) is 3.25. The molecule has 1 aliphatic rings. The molecule has 1 aromatic heterocycles. The lowest BCUT2D eigenvalue weighted by Gasteiger charge is -2.15. The fourth-order valence-electron chi connectivity index (χ4n) is 2.32. The first kappa shape index (κ1) is 13.1. The van der Waals surface area contributed by atoms with Gasteiger partial charge in [0.2, 0.25) is 0 Å². The predicted molar refractivity (Wildman–Crippen MR) is 62.3 cm³/mol. The van der Waals surface area contributed by atoms with E-state index in [9.17, 15) is 17.6 Å². The Kier molecular flexibility index (Phi) is 3.01. The van der Waals surface area contributed by atoms with Crippen LogP contribution >= 0.6 is 0 Å². The van der Waals surface area contributed by atoms with Crippen molar-refractivity contribution in [1.82, 2.24) is 10.2 Å². The highest BCUT2D eigenvalue weighted by atomic mass is 19.4. The third-order valence-electron chi connectivity index (χ3n) is 3.25. The van der Waals surface area contributed by atoms with Crippen molar-refractivity contribution in [3.8, 4) is 11.3 Å². The molecule has 0 atom stereocenters. The van der Waals surface area contributed by atoms with Crippen molar-refractivity contribution in [1.29, 1.82) is 0 Å². The fraction of sp³-hybridized carbons (Fsp3) is 0.308. The summed E-state index contributed by atoms with van der Waals surface area (Å²) in [5.41, 5.74) is -0.389. The van der Waals surface area contributed by atoms with E-state index in [1.807, 2.05) is 0 Å². The number of fused-ring (bicyclic) bond motifs is 1. The average Bonchev–Trinajstić information content (AvgIpc) is 2.81. The van der Waals surface area contributed by atoms with Crippen molar-refractivity contribution < 1.29 is 22.3 Å². The summed E-state index contributed by atoms with van der Waals surface area (Å²) >= 11 is 0. The summed E-state index contributed by atoms with van der Waals surface area (Å²) < 4.78 is 58.2. The lowest BCUT2D eigenvalue weighted by atomic mass is 9.98. The molecule has 0 aliphatic carbocycles. The summed E-state index contributed by atoms with van der Waals surface area (Å²) in [6.45, 7) is 0.602. The molecule has 2 aromatic rings. The van der Waals surface area contributed by atoms with Gasteiger partial charge in [0, 0.05) is 17.7 Å². The number of aromatic nitrogens is 2. The van der Waals surface area contributed by atoms with Crippen LogP contribution in [-0.4, -0.2) is 16.8 Å². The molecule has 0 saturated heterocycles. The van der Waals surface area contributed by atoms with Gasteiger partial charge in [-0.05, 0) is 12.1 Å². The molecule has 1 aromatic carbocycles. The Balaban J connectivity index is 2.22. The van der Waals surface area contributed by atoms with Gasteiger partial charge in [-0.1, -0.05) is 6.07 Å². The molecule has 20 heavy (non-hydrogen) atoms. The molecule has 0 unspecified atom stereocenters. The second-order valence-corrected chi connectivity index (χ2v) is 4.49. The molecule has 3 rings (SSSR count). The van der Waals surface area contributed by atoms with Crippen LogP contribution in [0.15, 0.2) is 18.2 Å². The largest absolute Gasteiger partial charge is 0.417 e. The Labute approximate surface area is 111 Å². The third kappa shape index (κ3) is 2.07. The highest BCUT2D eigenvalue weighted by Crippen LogP contribution is 2.39. The van der Waals surface area contributed by atoms with E-state index >= 15 is 0 Å². The van der Waals surface area contributed by atoms with Crippen molar-refractivity contribution >= 4 is 0 Å². The van der Waals surface area contributed by atoms with Crippen LogP contribution < -0.4 is 0 Å². The van der Waals surface area contributed by atoms with Crippen molar-refractivity contribution in [2.45, 2.75) is 19.2 Å². The van der Waals surface area contributed by atoms with Gasteiger partial charge >= 0.3 is 6.18 Å². The van der Waals surface area contributed by atoms with Gasteiger partial charge in [-0.2, -0.15) is 18.3 Å². The minimum atomic E-state index is -4.64. The maximum Gasteiger partial charge on any atom is 0.417 e. The first-order valence-corrected chi connectivity index (χ1v) is 5.98. The van der Waals surface area contributed by atoms with Crippen LogP contribution in [0.25, 0.3) is 11.3 Å². The Morgan fingerprint density at radius 1 is 1.25 bits per heavy atom. The van der Waals surface area contributed by atoms with Crippen molar-refractivity contribution in [3.63, 3.8) is 0 Å². The van der Waals surface area contributed by atoms with Crippen LogP contribution in [0.2, 0.25) is 0 Å². The molecule has 0 spiro atoms. The van der Waals surface area contributed by atoms with E-state index in [-0.39, 0.29) is 12.3 Å². The molecule has 1 N–H and O–H groups in total. The van der Waals surface area contributed by atoms with E-state index in [1.165, 1.54) is 0 Å². The molecule has 0 amide bonds. The molecule has 0 fully saturated rings. The van der Waals surface area contributed by atoms with Gasteiger partial charge in [0.25, 0.3) is 0 Å². The van der Waals surface area contributed by atoms with E-state index in [4.69, 9.17) is 4.74 Å². The lowest BCUT2D eigenvalue weighted by Crippen LogP contribution is -2.11.